The Kier molecular flexibility index (Phi) is 6.24. The van der Waals surface area contributed by atoms with Crippen LogP contribution < -0.4 is 5.73 Å². The van der Waals surface area contributed by atoms with Gasteiger partial charge in [-0.05, 0) is 36.2 Å². The van der Waals surface area contributed by atoms with Crippen molar-refractivity contribution in [2.45, 2.75) is 30.4 Å². The third-order valence-corrected chi connectivity index (χ3v) is 6.26. The molecule has 1 aromatic heterocycles. The van der Waals surface area contributed by atoms with E-state index >= 15 is 0 Å². The highest BCUT2D eigenvalue weighted by Crippen LogP contribution is 2.39. The molecule has 2 atom stereocenters. The van der Waals surface area contributed by atoms with Gasteiger partial charge in [0.2, 0.25) is 0 Å². The van der Waals surface area contributed by atoms with Gasteiger partial charge in [0, 0.05) is 21.7 Å². The van der Waals surface area contributed by atoms with Crippen LogP contribution in [0.5, 0.6) is 0 Å². The summed E-state index contributed by atoms with van der Waals surface area (Å²) >= 11 is 15.4. The molecule has 0 saturated heterocycles. The summed E-state index contributed by atoms with van der Waals surface area (Å²) < 4.78 is 0.820. The Morgan fingerprint density at radius 2 is 1.85 bits per heavy atom. The van der Waals surface area contributed by atoms with Crippen LogP contribution in [0.25, 0.3) is 0 Å². The van der Waals surface area contributed by atoms with E-state index < -0.39 is 0 Å². The van der Waals surface area contributed by atoms with Crippen molar-refractivity contribution in [3.05, 3.63) is 56.2 Å². The van der Waals surface area contributed by atoms with Gasteiger partial charge in [-0.2, -0.15) is 0 Å². The molecule has 20 heavy (non-hydrogen) atoms. The Hall–Kier alpha value is -0.190. The molecule has 1 heterocycles. The minimum absolute atomic E-state index is 0.141. The van der Waals surface area contributed by atoms with Crippen LogP contribution in [0.3, 0.4) is 0 Å². The SMILES string of the molecule is CCC(N)C(SCc1ccc(Cl)cc1)c1ccc(Cl)s1. The maximum atomic E-state index is 6.27. The zero-order valence-electron chi connectivity index (χ0n) is 11.2. The molecule has 108 valence electrons. The van der Waals surface area contributed by atoms with Gasteiger partial charge >= 0.3 is 0 Å². The van der Waals surface area contributed by atoms with Gasteiger partial charge < -0.3 is 5.73 Å². The molecule has 2 rings (SSSR count). The topological polar surface area (TPSA) is 26.0 Å². The number of hydrogen-bond acceptors (Lipinski definition) is 3. The monoisotopic (exact) mass is 345 g/mol. The van der Waals surface area contributed by atoms with E-state index in [4.69, 9.17) is 28.9 Å². The molecule has 0 fully saturated rings. The van der Waals surface area contributed by atoms with E-state index in [1.54, 1.807) is 11.3 Å². The van der Waals surface area contributed by atoms with Gasteiger partial charge in [0.15, 0.2) is 0 Å². The first-order valence-corrected chi connectivity index (χ1v) is 9.09. The zero-order valence-corrected chi connectivity index (χ0v) is 14.3. The van der Waals surface area contributed by atoms with Crippen molar-refractivity contribution in [1.29, 1.82) is 0 Å². The molecule has 0 spiro atoms. The average molecular weight is 346 g/mol. The predicted molar refractivity (Wildman–Crippen MR) is 93.1 cm³/mol. The van der Waals surface area contributed by atoms with Gasteiger partial charge in [0.1, 0.15) is 0 Å². The van der Waals surface area contributed by atoms with Crippen molar-refractivity contribution in [3.8, 4) is 0 Å². The summed E-state index contributed by atoms with van der Waals surface area (Å²) in [4.78, 5) is 1.25. The van der Waals surface area contributed by atoms with Crippen molar-refractivity contribution in [3.63, 3.8) is 0 Å². The number of benzene rings is 1. The third-order valence-electron chi connectivity index (χ3n) is 3.08. The van der Waals surface area contributed by atoms with Crippen LogP contribution >= 0.6 is 46.3 Å². The quantitative estimate of drug-likeness (QED) is 0.719. The van der Waals surface area contributed by atoms with Crippen molar-refractivity contribution in [1.82, 2.24) is 0 Å². The molecule has 0 aliphatic rings. The first-order chi connectivity index (χ1) is 9.60. The maximum absolute atomic E-state index is 6.27. The molecule has 0 radical (unpaired) electrons. The van der Waals surface area contributed by atoms with Crippen molar-refractivity contribution in [2.75, 3.05) is 0 Å². The summed E-state index contributed by atoms with van der Waals surface area (Å²) in [5, 5.41) is 1.05. The van der Waals surface area contributed by atoms with E-state index in [2.05, 4.69) is 25.1 Å². The maximum Gasteiger partial charge on any atom is 0.0931 e. The highest BCUT2D eigenvalue weighted by molar-refractivity contribution is 7.98. The largest absolute Gasteiger partial charge is 0.326 e. The summed E-state index contributed by atoms with van der Waals surface area (Å²) in [5.74, 6) is 0.922. The summed E-state index contributed by atoms with van der Waals surface area (Å²) in [6.45, 7) is 2.12. The number of halogens is 2. The fraction of sp³-hybridized carbons (Fsp3) is 0.333. The number of thiophene rings is 1. The molecule has 5 heteroatoms. The minimum Gasteiger partial charge on any atom is -0.326 e. The van der Waals surface area contributed by atoms with Gasteiger partial charge in [-0.15, -0.1) is 23.1 Å². The van der Waals surface area contributed by atoms with E-state index in [0.717, 1.165) is 21.5 Å². The summed E-state index contributed by atoms with van der Waals surface area (Å²) in [6.07, 6.45) is 0.952. The predicted octanol–water partition coefficient (Wildman–Crippen LogP) is 5.77. The van der Waals surface area contributed by atoms with Gasteiger partial charge in [0.25, 0.3) is 0 Å². The Balaban J connectivity index is 2.06. The molecular weight excluding hydrogens is 329 g/mol. The standard InChI is InChI=1S/C15H17Cl2NS2/c1-2-12(18)15(13-7-8-14(17)20-13)19-9-10-3-5-11(16)6-4-10/h3-8,12,15H,2,9,18H2,1H3. The van der Waals surface area contributed by atoms with Crippen LogP contribution in [0.4, 0.5) is 0 Å². The van der Waals surface area contributed by atoms with Gasteiger partial charge in [-0.1, -0.05) is 42.3 Å². The fourth-order valence-electron chi connectivity index (χ4n) is 1.88. The molecule has 0 aliphatic carbocycles. The summed E-state index contributed by atoms with van der Waals surface area (Å²) in [7, 11) is 0. The smallest absolute Gasteiger partial charge is 0.0931 e. The summed E-state index contributed by atoms with van der Waals surface area (Å²) in [6, 6.07) is 12.1. The molecule has 0 amide bonds. The molecule has 0 aliphatic heterocycles. The van der Waals surface area contributed by atoms with Crippen molar-refractivity contribution >= 4 is 46.3 Å². The average Bonchev–Trinajstić information content (AvgIpc) is 2.87. The van der Waals surface area contributed by atoms with Crippen molar-refractivity contribution in [2.24, 2.45) is 5.73 Å². The Bertz CT molecular complexity index is 539. The lowest BCUT2D eigenvalue weighted by Gasteiger charge is -2.21. The first-order valence-electron chi connectivity index (χ1n) is 6.47. The van der Waals surface area contributed by atoms with Crippen LogP contribution in [-0.4, -0.2) is 6.04 Å². The van der Waals surface area contributed by atoms with Crippen molar-refractivity contribution < 1.29 is 0 Å². The van der Waals surface area contributed by atoms with E-state index in [-0.39, 0.29) is 11.3 Å². The Morgan fingerprint density at radius 1 is 1.15 bits per heavy atom. The second kappa shape index (κ2) is 7.71. The molecule has 0 bridgehead atoms. The van der Waals surface area contributed by atoms with Gasteiger partial charge in [-0.25, -0.2) is 0 Å². The minimum atomic E-state index is 0.141. The number of hydrogen-bond donors (Lipinski definition) is 1. The highest BCUT2D eigenvalue weighted by Gasteiger charge is 2.20. The van der Waals surface area contributed by atoms with E-state index in [1.165, 1.54) is 10.4 Å². The molecule has 0 saturated carbocycles. The number of nitrogens with two attached hydrogens (primary N) is 1. The van der Waals surface area contributed by atoms with E-state index in [1.807, 2.05) is 30.0 Å². The van der Waals surface area contributed by atoms with Crippen LogP contribution in [0, 0.1) is 0 Å². The molecule has 1 aromatic carbocycles. The van der Waals surface area contributed by atoms with E-state index in [0.29, 0.717) is 0 Å². The lowest BCUT2D eigenvalue weighted by Crippen LogP contribution is -2.25. The number of thioether (sulfide) groups is 1. The van der Waals surface area contributed by atoms with Crippen LogP contribution in [0.15, 0.2) is 36.4 Å². The van der Waals surface area contributed by atoms with Crippen LogP contribution in [-0.2, 0) is 5.75 Å². The highest BCUT2D eigenvalue weighted by atomic mass is 35.5. The van der Waals surface area contributed by atoms with Crippen LogP contribution in [0.1, 0.15) is 29.0 Å². The normalized spacial score (nSPS) is 14.2. The Labute approximate surface area is 138 Å². The third kappa shape index (κ3) is 4.40. The van der Waals surface area contributed by atoms with E-state index in [9.17, 15) is 0 Å². The molecule has 2 N–H and O–H groups in total. The fourth-order valence-corrected chi connectivity index (χ4v) is 4.72. The van der Waals surface area contributed by atoms with Gasteiger partial charge in [-0.3, -0.25) is 0 Å². The molecule has 2 unspecified atom stereocenters. The lowest BCUT2D eigenvalue weighted by molar-refractivity contribution is 0.640. The summed E-state index contributed by atoms with van der Waals surface area (Å²) in [5.41, 5.74) is 7.53. The first kappa shape index (κ1) is 16.2. The van der Waals surface area contributed by atoms with Gasteiger partial charge in [0.05, 0.1) is 9.59 Å². The zero-order chi connectivity index (χ0) is 14.5. The second-order valence-corrected chi connectivity index (χ2v) is 7.89. The Morgan fingerprint density at radius 3 is 2.40 bits per heavy atom. The molecular formula is C15H17Cl2NS2. The molecule has 1 nitrogen and oxygen atoms in total. The van der Waals surface area contributed by atoms with Crippen LogP contribution in [0.2, 0.25) is 9.36 Å². The molecule has 2 aromatic rings. The number of rotatable bonds is 6. The lowest BCUT2D eigenvalue weighted by atomic mass is 10.1. The second-order valence-electron chi connectivity index (χ2n) is 4.57.